The maximum absolute atomic E-state index is 2.40. The number of hydrogen-bond donors (Lipinski definition) is 0. The highest BCUT2D eigenvalue weighted by Crippen LogP contribution is 2.43. The second kappa shape index (κ2) is 12.6. The summed E-state index contributed by atoms with van der Waals surface area (Å²) in [6.45, 7) is 2.20. The van der Waals surface area contributed by atoms with Gasteiger partial charge in [-0.1, -0.05) is 134 Å². The fourth-order valence-corrected chi connectivity index (χ4v) is 7.47. The molecule has 0 aliphatic carbocycles. The molecule has 9 aromatic rings. The molecule has 1 aromatic heterocycles. The average Bonchev–Trinajstić information content (AvgIpc) is 3.53. The fraction of sp³-hybridized carbons (Fsp3) is 0.0417. The van der Waals surface area contributed by atoms with E-state index in [1.165, 1.54) is 66.1 Å². The number of aromatic nitrogens is 1. The highest BCUT2D eigenvalue weighted by atomic mass is 15.1. The SMILES string of the molecule is CCc1ccc(-n2c3ccccc3c3cc(-c4ccc(N(c5ccccc5)c5ccc(-c6ccccc6)cc5)c5ccccc45)ccc32)cc1. The molecule has 8 aromatic carbocycles. The third-order valence-electron chi connectivity index (χ3n) is 9.98. The van der Waals surface area contributed by atoms with E-state index in [4.69, 9.17) is 0 Å². The zero-order valence-electron chi connectivity index (χ0n) is 28.0. The Bertz CT molecular complexity index is 2600. The molecule has 50 heavy (non-hydrogen) atoms. The Morgan fingerprint density at radius 2 is 1.00 bits per heavy atom. The van der Waals surface area contributed by atoms with Gasteiger partial charge >= 0.3 is 0 Å². The molecule has 2 heteroatoms. The minimum Gasteiger partial charge on any atom is -0.310 e. The zero-order chi connectivity index (χ0) is 33.4. The van der Waals surface area contributed by atoms with Crippen LogP contribution in [0.15, 0.2) is 188 Å². The Morgan fingerprint density at radius 1 is 0.420 bits per heavy atom. The molecular weight excluding hydrogens is 605 g/mol. The number of fused-ring (bicyclic) bond motifs is 4. The first-order valence-electron chi connectivity index (χ1n) is 17.4. The topological polar surface area (TPSA) is 8.17 Å². The van der Waals surface area contributed by atoms with Crippen LogP contribution in [0.4, 0.5) is 17.1 Å². The van der Waals surface area contributed by atoms with Gasteiger partial charge in [0.2, 0.25) is 0 Å². The first-order valence-corrected chi connectivity index (χ1v) is 17.4. The van der Waals surface area contributed by atoms with Crippen LogP contribution in [0.25, 0.3) is 60.5 Å². The van der Waals surface area contributed by atoms with Gasteiger partial charge in [-0.05, 0) is 100 Å². The normalized spacial score (nSPS) is 11.4. The molecular formula is C48H36N2. The number of benzene rings is 8. The van der Waals surface area contributed by atoms with Crippen molar-refractivity contribution in [1.29, 1.82) is 0 Å². The fourth-order valence-electron chi connectivity index (χ4n) is 7.47. The first-order chi connectivity index (χ1) is 24.8. The van der Waals surface area contributed by atoms with E-state index < -0.39 is 0 Å². The van der Waals surface area contributed by atoms with Crippen LogP contribution >= 0.6 is 0 Å². The monoisotopic (exact) mass is 640 g/mol. The van der Waals surface area contributed by atoms with Gasteiger partial charge in [0.1, 0.15) is 0 Å². The molecule has 0 saturated heterocycles. The van der Waals surface area contributed by atoms with Crippen molar-refractivity contribution in [2.24, 2.45) is 0 Å². The van der Waals surface area contributed by atoms with Crippen LogP contribution in [0, 0.1) is 0 Å². The Morgan fingerprint density at radius 3 is 1.74 bits per heavy atom. The summed E-state index contributed by atoms with van der Waals surface area (Å²) in [6, 6.07) is 68.3. The summed E-state index contributed by atoms with van der Waals surface area (Å²) >= 11 is 0. The maximum Gasteiger partial charge on any atom is 0.0541 e. The van der Waals surface area contributed by atoms with Crippen molar-refractivity contribution >= 4 is 49.6 Å². The zero-order valence-corrected chi connectivity index (χ0v) is 28.0. The van der Waals surface area contributed by atoms with E-state index in [2.05, 4.69) is 204 Å². The highest BCUT2D eigenvalue weighted by molar-refractivity contribution is 6.12. The van der Waals surface area contributed by atoms with Crippen molar-refractivity contribution in [3.63, 3.8) is 0 Å². The average molecular weight is 641 g/mol. The van der Waals surface area contributed by atoms with Gasteiger partial charge in [-0.15, -0.1) is 0 Å². The number of rotatable bonds is 7. The van der Waals surface area contributed by atoms with Gasteiger partial charge < -0.3 is 9.47 Å². The van der Waals surface area contributed by atoms with Crippen LogP contribution in [0.5, 0.6) is 0 Å². The standard InChI is InChI=1S/C48H36N2/c1-2-34-21-26-40(27-22-34)50-46-20-12-11-19-44(46)45-33-37(25-31-48(45)50)41-30-32-47(43-18-10-9-17-42(41)43)49(38-15-7-4-8-16-38)39-28-23-36(24-29-39)35-13-5-3-6-14-35/h3-33H,2H2,1H3. The van der Waals surface area contributed by atoms with E-state index in [1.807, 2.05) is 0 Å². The third-order valence-corrected chi connectivity index (χ3v) is 9.98. The second-order valence-corrected chi connectivity index (χ2v) is 12.9. The van der Waals surface area contributed by atoms with Crippen molar-refractivity contribution < 1.29 is 0 Å². The summed E-state index contributed by atoms with van der Waals surface area (Å²) in [7, 11) is 0. The Balaban J connectivity index is 1.19. The van der Waals surface area contributed by atoms with E-state index in [0.29, 0.717) is 0 Å². The quantitative estimate of drug-likeness (QED) is 0.168. The van der Waals surface area contributed by atoms with Crippen molar-refractivity contribution in [2.45, 2.75) is 13.3 Å². The molecule has 0 radical (unpaired) electrons. The lowest BCUT2D eigenvalue weighted by molar-refractivity contribution is 1.12. The predicted octanol–water partition coefficient (Wildman–Crippen LogP) is 13.3. The first kappa shape index (κ1) is 29.7. The van der Waals surface area contributed by atoms with Gasteiger partial charge in [0.15, 0.2) is 0 Å². The minimum absolute atomic E-state index is 1.03. The number of para-hydroxylation sites is 2. The summed E-state index contributed by atoms with van der Waals surface area (Å²) in [5.41, 5.74) is 13.2. The summed E-state index contributed by atoms with van der Waals surface area (Å²) in [5, 5.41) is 4.96. The molecule has 0 amide bonds. The molecule has 0 aliphatic rings. The van der Waals surface area contributed by atoms with Gasteiger partial charge in [0.25, 0.3) is 0 Å². The lowest BCUT2D eigenvalue weighted by Gasteiger charge is -2.27. The minimum atomic E-state index is 1.03. The molecule has 9 rings (SSSR count). The molecule has 0 aliphatic heterocycles. The van der Waals surface area contributed by atoms with Gasteiger partial charge in [0, 0.05) is 33.2 Å². The molecule has 0 N–H and O–H groups in total. The smallest absolute Gasteiger partial charge is 0.0541 e. The molecule has 0 saturated carbocycles. The molecule has 1 heterocycles. The molecule has 0 atom stereocenters. The molecule has 0 fully saturated rings. The Hall–Kier alpha value is -6.38. The van der Waals surface area contributed by atoms with Crippen molar-refractivity contribution in [1.82, 2.24) is 4.57 Å². The van der Waals surface area contributed by atoms with Crippen LogP contribution in [0.3, 0.4) is 0 Å². The van der Waals surface area contributed by atoms with Crippen LogP contribution in [-0.4, -0.2) is 4.57 Å². The Labute approximate surface area is 293 Å². The number of nitrogens with zero attached hydrogens (tertiary/aromatic N) is 2. The third kappa shape index (κ3) is 5.14. The van der Waals surface area contributed by atoms with E-state index >= 15 is 0 Å². The van der Waals surface area contributed by atoms with Crippen molar-refractivity contribution in [3.8, 4) is 27.9 Å². The van der Waals surface area contributed by atoms with Crippen LogP contribution in [0.2, 0.25) is 0 Å². The molecule has 0 unspecified atom stereocenters. The van der Waals surface area contributed by atoms with Crippen LogP contribution < -0.4 is 4.90 Å². The largest absolute Gasteiger partial charge is 0.310 e. The Kier molecular flexibility index (Phi) is 7.48. The molecule has 0 spiro atoms. The number of aryl methyl sites for hydroxylation is 1. The molecule has 2 nitrogen and oxygen atoms in total. The summed E-state index contributed by atoms with van der Waals surface area (Å²) in [4.78, 5) is 2.38. The van der Waals surface area contributed by atoms with Gasteiger partial charge in [-0.2, -0.15) is 0 Å². The van der Waals surface area contributed by atoms with Gasteiger partial charge in [0.05, 0.1) is 16.7 Å². The summed E-state index contributed by atoms with van der Waals surface area (Å²) in [5.74, 6) is 0. The number of hydrogen-bond acceptors (Lipinski definition) is 1. The predicted molar refractivity (Wildman–Crippen MR) is 213 cm³/mol. The van der Waals surface area contributed by atoms with Crippen molar-refractivity contribution in [3.05, 3.63) is 194 Å². The summed E-state index contributed by atoms with van der Waals surface area (Å²) < 4.78 is 2.40. The van der Waals surface area contributed by atoms with E-state index in [9.17, 15) is 0 Å². The van der Waals surface area contributed by atoms with E-state index in [0.717, 1.165) is 23.5 Å². The van der Waals surface area contributed by atoms with Crippen LogP contribution in [-0.2, 0) is 6.42 Å². The second-order valence-electron chi connectivity index (χ2n) is 12.9. The maximum atomic E-state index is 2.40. The molecule has 0 bridgehead atoms. The lowest BCUT2D eigenvalue weighted by Crippen LogP contribution is -2.10. The van der Waals surface area contributed by atoms with Crippen molar-refractivity contribution in [2.75, 3.05) is 4.90 Å². The van der Waals surface area contributed by atoms with Gasteiger partial charge in [-0.25, -0.2) is 0 Å². The van der Waals surface area contributed by atoms with Crippen LogP contribution in [0.1, 0.15) is 12.5 Å². The number of anilines is 3. The van der Waals surface area contributed by atoms with E-state index in [-0.39, 0.29) is 0 Å². The van der Waals surface area contributed by atoms with E-state index in [1.54, 1.807) is 0 Å². The highest BCUT2D eigenvalue weighted by Gasteiger charge is 2.19. The lowest BCUT2D eigenvalue weighted by atomic mass is 9.95. The molecule has 238 valence electrons. The summed E-state index contributed by atoms with van der Waals surface area (Å²) in [6.07, 6.45) is 1.03. The van der Waals surface area contributed by atoms with Gasteiger partial charge in [-0.3, -0.25) is 0 Å².